The topological polar surface area (TPSA) is 54.9 Å². The molecule has 0 saturated carbocycles. The Labute approximate surface area is 106 Å². The zero-order valence-electron chi connectivity index (χ0n) is 8.83. The number of rotatable bonds is 1. The van der Waals surface area contributed by atoms with Gasteiger partial charge in [0.25, 0.3) is 5.56 Å². The van der Waals surface area contributed by atoms with E-state index in [0.717, 1.165) is 4.57 Å². The first-order valence-electron chi connectivity index (χ1n) is 4.75. The zero-order chi connectivity index (χ0) is 12.6. The molecule has 0 saturated heterocycles. The van der Waals surface area contributed by atoms with Gasteiger partial charge in [-0.1, -0.05) is 35.3 Å². The van der Waals surface area contributed by atoms with E-state index in [1.54, 1.807) is 24.3 Å². The Morgan fingerprint density at radius 3 is 2.59 bits per heavy atom. The Morgan fingerprint density at radius 2 is 1.94 bits per heavy atom. The molecule has 88 valence electrons. The summed E-state index contributed by atoms with van der Waals surface area (Å²) in [6, 6.07) is 6.71. The van der Waals surface area contributed by atoms with Gasteiger partial charge in [-0.15, -0.1) is 0 Å². The summed E-state index contributed by atoms with van der Waals surface area (Å²) >= 11 is 11.7. The minimum atomic E-state index is -0.550. The number of nitrogens with zero attached hydrogens (tertiary/aromatic N) is 1. The largest absolute Gasteiger partial charge is 0.329 e. The van der Waals surface area contributed by atoms with Crippen LogP contribution in [0, 0.1) is 0 Å². The van der Waals surface area contributed by atoms with Gasteiger partial charge < -0.3 is 0 Å². The van der Waals surface area contributed by atoms with E-state index in [9.17, 15) is 9.59 Å². The van der Waals surface area contributed by atoms with E-state index in [4.69, 9.17) is 23.2 Å². The van der Waals surface area contributed by atoms with E-state index in [2.05, 4.69) is 4.98 Å². The van der Waals surface area contributed by atoms with Crippen LogP contribution in [0.4, 0.5) is 0 Å². The van der Waals surface area contributed by atoms with Crippen molar-refractivity contribution in [1.82, 2.24) is 9.55 Å². The van der Waals surface area contributed by atoms with Crippen LogP contribution >= 0.6 is 23.2 Å². The summed E-state index contributed by atoms with van der Waals surface area (Å²) in [7, 11) is 1.38. The molecule has 1 aromatic heterocycles. The fourth-order valence-corrected chi connectivity index (χ4v) is 1.95. The average Bonchev–Trinajstić information content (AvgIpc) is 2.26. The molecule has 0 aliphatic rings. The molecule has 0 amide bonds. The molecule has 4 nitrogen and oxygen atoms in total. The lowest BCUT2D eigenvalue weighted by Crippen LogP contribution is -2.33. The highest BCUT2D eigenvalue weighted by Gasteiger charge is 2.12. The second-order valence-corrected chi connectivity index (χ2v) is 4.31. The van der Waals surface area contributed by atoms with Crippen LogP contribution in [0.15, 0.2) is 33.9 Å². The van der Waals surface area contributed by atoms with Crippen LogP contribution in [0.5, 0.6) is 0 Å². The standard InChI is InChI=1S/C11H8Cl2N2O2/c1-15-10(16)8(9(13)14-11(15)17)6-3-2-4-7(12)5-6/h2-5H,1H3,(H,14,17). The normalized spacial score (nSPS) is 10.5. The lowest BCUT2D eigenvalue weighted by atomic mass is 10.1. The maximum absolute atomic E-state index is 11.9. The van der Waals surface area contributed by atoms with Gasteiger partial charge in [-0.25, -0.2) is 4.79 Å². The number of halogens is 2. The molecule has 0 radical (unpaired) electrons. The summed E-state index contributed by atoms with van der Waals surface area (Å²) in [5.74, 6) is 0. The van der Waals surface area contributed by atoms with E-state index in [1.165, 1.54) is 7.05 Å². The molecule has 2 rings (SSSR count). The van der Waals surface area contributed by atoms with Gasteiger partial charge in [0.05, 0.1) is 5.56 Å². The number of H-pyrrole nitrogens is 1. The molecule has 0 aliphatic carbocycles. The van der Waals surface area contributed by atoms with Gasteiger partial charge in [0.1, 0.15) is 5.15 Å². The maximum atomic E-state index is 11.9. The van der Waals surface area contributed by atoms with Crippen molar-refractivity contribution in [2.45, 2.75) is 0 Å². The number of hydrogen-bond donors (Lipinski definition) is 1. The Balaban J connectivity index is 2.81. The number of nitrogens with one attached hydrogen (secondary N) is 1. The van der Waals surface area contributed by atoms with Crippen LogP contribution in [-0.4, -0.2) is 9.55 Å². The van der Waals surface area contributed by atoms with Gasteiger partial charge in [-0.3, -0.25) is 14.3 Å². The minimum absolute atomic E-state index is 0.0142. The molecular formula is C11H8Cl2N2O2. The number of hydrogen-bond acceptors (Lipinski definition) is 2. The Hall–Kier alpha value is -1.52. The second kappa shape index (κ2) is 4.39. The van der Waals surface area contributed by atoms with E-state index in [-0.39, 0.29) is 10.7 Å². The van der Waals surface area contributed by atoms with Crippen molar-refractivity contribution < 1.29 is 0 Å². The van der Waals surface area contributed by atoms with Crippen LogP contribution in [0.1, 0.15) is 0 Å². The van der Waals surface area contributed by atoms with E-state index >= 15 is 0 Å². The van der Waals surface area contributed by atoms with Gasteiger partial charge in [-0.2, -0.15) is 0 Å². The van der Waals surface area contributed by atoms with Crippen LogP contribution in [-0.2, 0) is 7.05 Å². The summed E-state index contributed by atoms with van der Waals surface area (Å²) in [4.78, 5) is 25.6. The summed E-state index contributed by atoms with van der Waals surface area (Å²) in [6.45, 7) is 0. The van der Waals surface area contributed by atoms with Gasteiger partial charge in [0, 0.05) is 12.1 Å². The van der Waals surface area contributed by atoms with Gasteiger partial charge in [-0.05, 0) is 17.7 Å². The highest BCUT2D eigenvalue weighted by atomic mass is 35.5. The van der Waals surface area contributed by atoms with Crippen LogP contribution in [0.3, 0.4) is 0 Å². The molecular weight excluding hydrogens is 263 g/mol. The van der Waals surface area contributed by atoms with Gasteiger partial charge in [0.15, 0.2) is 0 Å². The molecule has 1 aromatic carbocycles. The van der Waals surface area contributed by atoms with Gasteiger partial charge in [0.2, 0.25) is 0 Å². The predicted octanol–water partition coefficient (Wildman–Crippen LogP) is 2.05. The first kappa shape index (κ1) is 12.0. The van der Waals surface area contributed by atoms with E-state index in [1.807, 2.05) is 0 Å². The van der Waals surface area contributed by atoms with Crippen molar-refractivity contribution in [1.29, 1.82) is 0 Å². The molecule has 1 N–H and O–H groups in total. The van der Waals surface area contributed by atoms with E-state index in [0.29, 0.717) is 10.6 Å². The predicted molar refractivity (Wildman–Crippen MR) is 67.8 cm³/mol. The van der Waals surface area contributed by atoms with Gasteiger partial charge >= 0.3 is 5.69 Å². The third kappa shape index (κ3) is 2.14. The van der Waals surface area contributed by atoms with Crippen molar-refractivity contribution in [3.63, 3.8) is 0 Å². The minimum Gasteiger partial charge on any atom is -0.297 e. The summed E-state index contributed by atoms with van der Waals surface area (Å²) in [6.07, 6.45) is 0. The molecule has 17 heavy (non-hydrogen) atoms. The molecule has 6 heteroatoms. The first-order chi connectivity index (χ1) is 8.00. The smallest absolute Gasteiger partial charge is 0.297 e. The van der Waals surface area contributed by atoms with Crippen LogP contribution in [0.2, 0.25) is 10.2 Å². The first-order valence-corrected chi connectivity index (χ1v) is 5.51. The molecule has 2 aromatic rings. The highest BCUT2D eigenvalue weighted by Crippen LogP contribution is 2.23. The SMILES string of the molecule is Cn1c(=O)[nH]c(Cl)c(-c2cccc(Cl)c2)c1=O. The number of aromatic amines is 1. The summed E-state index contributed by atoms with van der Waals surface area (Å²) < 4.78 is 0.960. The number of aromatic nitrogens is 2. The van der Waals surface area contributed by atoms with Crippen molar-refractivity contribution in [2.75, 3.05) is 0 Å². The summed E-state index contributed by atoms with van der Waals surface area (Å²) in [5, 5.41) is 0.507. The lowest BCUT2D eigenvalue weighted by Gasteiger charge is -2.05. The van der Waals surface area contributed by atoms with Crippen LogP contribution < -0.4 is 11.2 Å². The average molecular weight is 271 g/mol. The van der Waals surface area contributed by atoms with Crippen molar-refractivity contribution in [3.8, 4) is 11.1 Å². The zero-order valence-corrected chi connectivity index (χ0v) is 10.3. The Bertz CT molecular complexity index is 689. The van der Waals surface area contributed by atoms with Crippen molar-refractivity contribution in [3.05, 3.63) is 55.3 Å². The Kier molecular flexibility index (Phi) is 3.09. The molecule has 0 unspecified atom stereocenters. The highest BCUT2D eigenvalue weighted by molar-refractivity contribution is 6.32. The van der Waals surface area contributed by atoms with Crippen molar-refractivity contribution >= 4 is 23.2 Å². The maximum Gasteiger partial charge on any atom is 0.329 e. The third-order valence-corrected chi connectivity index (χ3v) is 2.89. The summed E-state index contributed by atoms with van der Waals surface area (Å²) in [5.41, 5.74) is -0.206. The fourth-order valence-electron chi connectivity index (χ4n) is 1.49. The molecule has 0 bridgehead atoms. The number of benzene rings is 1. The molecule has 1 heterocycles. The monoisotopic (exact) mass is 270 g/mol. The molecule has 0 spiro atoms. The lowest BCUT2D eigenvalue weighted by molar-refractivity contribution is 0.779. The van der Waals surface area contributed by atoms with Crippen LogP contribution in [0.25, 0.3) is 11.1 Å². The Morgan fingerprint density at radius 1 is 1.24 bits per heavy atom. The van der Waals surface area contributed by atoms with E-state index < -0.39 is 11.2 Å². The molecule has 0 atom stereocenters. The van der Waals surface area contributed by atoms with Crippen molar-refractivity contribution in [2.24, 2.45) is 7.05 Å². The third-order valence-electron chi connectivity index (χ3n) is 2.37. The quantitative estimate of drug-likeness (QED) is 0.807. The molecule has 0 aliphatic heterocycles. The fraction of sp³-hybridized carbons (Fsp3) is 0.0909. The second-order valence-electron chi connectivity index (χ2n) is 3.49. The molecule has 0 fully saturated rings.